The summed E-state index contributed by atoms with van der Waals surface area (Å²) in [5, 5.41) is 0. The van der Waals surface area contributed by atoms with Crippen molar-refractivity contribution in [3.05, 3.63) is 24.3 Å². The van der Waals surface area contributed by atoms with Gasteiger partial charge in [-0.05, 0) is 45.6 Å². The zero-order valence-electron chi connectivity index (χ0n) is 13.6. The third-order valence-corrected chi connectivity index (χ3v) is 4.61. The first-order valence-electron chi connectivity index (χ1n) is 7.93. The molecule has 1 fully saturated rings. The van der Waals surface area contributed by atoms with Crippen LogP contribution in [0.4, 0.5) is 0 Å². The molecule has 2 N–H and O–H groups in total. The lowest BCUT2D eigenvalue weighted by molar-refractivity contribution is 0.212. The summed E-state index contributed by atoms with van der Waals surface area (Å²) in [4.78, 5) is 9.10. The highest BCUT2D eigenvalue weighted by Gasteiger charge is 2.39. The molecule has 0 bridgehead atoms. The van der Waals surface area contributed by atoms with Crippen molar-refractivity contribution < 1.29 is 0 Å². The number of imidazole rings is 1. The monoisotopic (exact) mass is 286 g/mol. The van der Waals surface area contributed by atoms with Crippen molar-refractivity contribution in [1.29, 1.82) is 0 Å². The maximum atomic E-state index is 6.83. The quantitative estimate of drug-likeness (QED) is 0.872. The van der Waals surface area contributed by atoms with Crippen molar-refractivity contribution in [2.75, 3.05) is 0 Å². The largest absolute Gasteiger partial charge is 0.321 e. The van der Waals surface area contributed by atoms with E-state index in [1.165, 1.54) is 12.8 Å². The van der Waals surface area contributed by atoms with Crippen molar-refractivity contribution in [3.8, 4) is 0 Å². The van der Waals surface area contributed by atoms with Crippen LogP contribution in [-0.4, -0.2) is 14.5 Å². The van der Waals surface area contributed by atoms with Gasteiger partial charge >= 0.3 is 0 Å². The van der Waals surface area contributed by atoms with Crippen LogP contribution in [-0.2, 0) is 11.1 Å². The molecule has 0 saturated heterocycles. The van der Waals surface area contributed by atoms with Gasteiger partial charge in [-0.15, -0.1) is 0 Å². The molecule has 1 aliphatic rings. The number of rotatable bonds is 1. The van der Waals surface area contributed by atoms with Gasteiger partial charge in [-0.1, -0.05) is 19.8 Å². The van der Waals surface area contributed by atoms with Crippen molar-refractivity contribution in [3.63, 3.8) is 0 Å². The van der Waals surface area contributed by atoms with Gasteiger partial charge in [-0.3, -0.25) is 4.98 Å². The number of nitrogens with zero attached hydrogens (tertiary/aromatic N) is 3. The summed E-state index contributed by atoms with van der Waals surface area (Å²) in [6.45, 7) is 8.95. The van der Waals surface area contributed by atoms with Crippen LogP contribution in [0.15, 0.2) is 18.5 Å². The molecule has 1 aliphatic carbocycles. The van der Waals surface area contributed by atoms with Crippen LogP contribution in [0, 0.1) is 5.92 Å². The Balaban J connectivity index is 2.22. The number of hydrogen-bond acceptors (Lipinski definition) is 3. The molecule has 3 rings (SSSR count). The molecule has 2 unspecified atom stereocenters. The molecule has 0 spiro atoms. The summed E-state index contributed by atoms with van der Waals surface area (Å²) in [6.07, 6.45) is 8.17. The van der Waals surface area contributed by atoms with E-state index >= 15 is 0 Å². The summed E-state index contributed by atoms with van der Waals surface area (Å²) in [5.74, 6) is 1.69. The second-order valence-corrected chi connectivity index (χ2v) is 7.66. The highest BCUT2D eigenvalue weighted by atomic mass is 15.2. The summed E-state index contributed by atoms with van der Waals surface area (Å²) >= 11 is 0. The first kappa shape index (κ1) is 14.5. The standard InChI is InChI=1S/C17H26N4/c1-12-6-5-8-17(18,10-12)15-20-13-11-19-9-7-14(13)21(15)16(2,3)4/h7,9,11-12H,5-6,8,10,18H2,1-4H3. The molecule has 114 valence electrons. The van der Waals surface area contributed by atoms with Crippen LogP contribution < -0.4 is 5.73 Å². The predicted molar refractivity (Wildman–Crippen MR) is 86.0 cm³/mol. The molecule has 4 nitrogen and oxygen atoms in total. The number of nitrogens with two attached hydrogens (primary N) is 1. The fourth-order valence-corrected chi connectivity index (χ4v) is 3.74. The Morgan fingerprint density at radius 2 is 2.14 bits per heavy atom. The molecule has 2 aromatic heterocycles. The van der Waals surface area contributed by atoms with Gasteiger partial charge in [0, 0.05) is 11.7 Å². The minimum Gasteiger partial charge on any atom is -0.321 e. The molecular weight excluding hydrogens is 260 g/mol. The van der Waals surface area contributed by atoms with E-state index in [1.54, 1.807) is 0 Å². The van der Waals surface area contributed by atoms with Crippen LogP contribution >= 0.6 is 0 Å². The number of hydrogen-bond donors (Lipinski definition) is 1. The molecule has 21 heavy (non-hydrogen) atoms. The van der Waals surface area contributed by atoms with Gasteiger partial charge in [-0.25, -0.2) is 4.98 Å². The smallest absolute Gasteiger partial charge is 0.130 e. The van der Waals surface area contributed by atoms with Gasteiger partial charge in [-0.2, -0.15) is 0 Å². The Labute approximate surface area is 126 Å². The Bertz CT molecular complexity index is 652. The topological polar surface area (TPSA) is 56.7 Å². The second kappa shape index (κ2) is 4.80. The maximum absolute atomic E-state index is 6.83. The highest BCUT2D eigenvalue weighted by Crippen LogP contribution is 2.40. The van der Waals surface area contributed by atoms with Crippen molar-refractivity contribution in [2.45, 2.75) is 64.5 Å². The zero-order chi connectivity index (χ0) is 15.3. The van der Waals surface area contributed by atoms with E-state index in [4.69, 9.17) is 10.7 Å². The number of pyridine rings is 1. The number of aromatic nitrogens is 3. The molecule has 4 heteroatoms. The van der Waals surface area contributed by atoms with E-state index < -0.39 is 0 Å². The van der Waals surface area contributed by atoms with E-state index in [9.17, 15) is 0 Å². The first-order chi connectivity index (χ1) is 9.81. The molecular formula is C17H26N4. The summed E-state index contributed by atoms with van der Waals surface area (Å²) in [7, 11) is 0. The third kappa shape index (κ3) is 2.46. The molecule has 0 aliphatic heterocycles. The van der Waals surface area contributed by atoms with Crippen molar-refractivity contribution in [1.82, 2.24) is 14.5 Å². The van der Waals surface area contributed by atoms with Crippen LogP contribution in [0.5, 0.6) is 0 Å². The van der Waals surface area contributed by atoms with E-state index in [-0.39, 0.29) is 11.1 Å². The SMILES string of the molecule is CC1CCCC(N)(c2nc3cnccc3n2C(C)(C)C)C1. The lowest BCUT2D eigenvalue weighted by Crippen LogP contribution is -2.45. The predicted octanol–water partition coefficient (Wildman–Crippen LogP) is 3.55. The lowest BCUT2D eigenvalue weighted by Gasteiger charge is -2.38. The second-order valence-electron chi connectivity index (χ2n) is 7.66. The van der Waals surface area contributed by atoms with Gasteiger partial charge in [0.1, 0.15) is 11.3 Å². The lowest BCUT2D eigenvalue weighted by atomic mass is 9.76. The Morgan fingerprint density at radius 3 is 2.81 bits per heavy atom. The molecule has 2 aromatic rings. The fraction of sp³-hybridized carbons (Fsp3) is 0.647. The van der Waals surface area contributed by atoms with Crippen LogP contribution in [0.3, 0.4) is 0 Å². The molecule has 0 aromatic carbocycles. The molecule has 0 radical (unpaired) electrons. The van der Waals surface area contributed by atoms with Gasteiger partial charge in [0.25, 0.3) is 0 Å². The number of fused-ring (bicyclic) bond motifs is 1. The minimum absolute atomic E-state index is 0.0432. The average molecular weight is 286 g/mol. The van der Waals surface area contributed by atoms with Crippen molar-refractivity contribution in [2.24, 2.45) is 11.7 Å². The Morgan fingerprint density at radius 1 is 1.38 bits per heavy atom. The summed E-state index contributed by atoms with van der Waals surface area (Å²) < 4.78 is 2.32. The van der Waals surface area contributed by atoms with E-state index in [1.807, 2.05) is 18.5 Å². The van der Waals surface area contributed by atoms with E-state index in [0.29, 0.717) is 5.92 Å². The molecule has 1 saturated carbocycles. The van der Waals surface area contributed by atoms with Crippen molar-refractivity contribution >= 4 is 11.0 Å². The Hall–Kier alpha value is -1.42. The summed E-state index contributed by atoms with van der Waals surface area (Å²) in [5.41, 5.74) is 8.55. The zero-order valence-corrected chi connectivity index (χ0v) is 13.6. The molecule has 2 heterocycles. The molecule has 0 amide bonds. The van der Waals surface area contributed by atoms with Gasteiger partial charge in [0.05, 0.1) is 17.3 Å². The fourth-order valence-electron chi connectivity index (χ4n) is 3.74. The summed E-state index contributed by atoms with van der Waals surface area (Å²) in [6, 6.07) is 2.05. The van der Waals surface area contributed by atoms with E-state index in [0.717, 1.165) is 29.7 Å². The normalized spacial score (nSPS) is 27.2. The van der Waals surface area contributed by atoms with Crippen LogP contribution in [0.25, 0.3) is 11.0 Å². The minimum atomic E-state index is -0.316. The average Bonchev–Trinajstić information content (AvgIpc) is 2.78. The van der Waals surface area contributed by atoms with E-state index in [2.05, 4.69) is 37.2 Å². The molecule has 2 atom stereocenters. The van der Waals surface area contributed by atoms with Gasteiger partial charge in [0.2, 0.25) is 0 Å². The van der Waals surface area contributed by atoms with Crippen LogP contribution in [0.2, 0.25) is 0 Å². The van der Waals surface area contributed by atoms with Gasteiger partial charge < -0.3 is 10.3 Å². The highest BCUT2D eigenvalue weighted by molar-refractivity contribution is 5.75. The Kier molecular flexibility index (Phi) is 3.32. The van der Waals surface area contributed by atoms with Gasteiger partial charge in [0.15, 0.2) is 0 Å². The first-order valence-corrected chi connectivity index (χ1v) is 7.93. The third-order valence-electron chi connectivity index (χ3n) is 4.61. The van der Waals surface area contributed by atoms with Crippen LogP contribution in [0.1, 0.15) is 59.2 Å². The maximum Gasteiger partial charge on any atom is 0.130 e.